The fraction of sp³-hybridized carbons (Fsp3) is 0.286. The second-order valence-corrected chi connectivity index (χ2v) is 4.94. The van der Waals surface area contributed by atoms with Crippen molar-refractivity contribution in [2.75, 3.05) is 13.6 Å². The van der Waals surface area contributed by atoms with Gasteiger partial charge in [0.1, 0.15) is 0 Å². The van der Waals surface area contributed by atoms with Crippen molar-refractivity contribution in [1.82, 2.24) is 15.5 Å². The number of carbonyl (C=O) groups excluding carboxylic acids is 2. The lowest BCUT2D eigenvalue weighted by Gasteiger charge is -2.26. The van der Waals surface area contributed by atoms with Crippen LogP contribution < -0.4 is 10.6 Å². The summed E-state index contributed by atoms with van der Waals surface area (Å²) < 4.78 is 0. The lowest BCUT2D eigenvalue weighted by atomic mass is 9.93. The Morgan fingerprint density at radius 3 is 2.74 bits per heavy atom. The zero-order valence-corrected chi connectivity index (χ0v) is 10.9. The molecule has 1 atom stereocenters. The van der Waals surface area contributed by atoms with Gasteiger partial charge in [-0.25, -0.2) is 4.79 Å². The van der Waals surface area contributed by atoms with Crippen molar-refractivity contribution in [3.8, 4) is 0 Å². The zero-order valence-electron chi connectivity index (χ0n) is 10.9. The van der Waals surface area contributed by atoms with E-state index in [4.69, 9.17) is 0 Å². The lowest BCUT2D eigenvalue weighted by Crippen LogP contribution is -2.44. The number of aryl methyl sites for hydroxylation is 1. The van der Waals surface area contributed by atoms with E-state index in [-0.39, 0.29) is 18.0 Å². The van der Waals surface area contributed by atoms with Gasteiger partial charge < -0.3 is 15.5 Å². The van der Waals surface area contributed by atoms with Crippen molar-refractivity contribution in [3.05, 3.63) is 46.7 Å². The van der Waals surface area contributed by atoms with Crippen LogP contribution in [0.5, 0.6) is 0 Å². The molecule has 5 heteroatoms. The molecule has 98 valence electrons. The van der Waals surface area contributed by atoms with E-state index < -0.39 is 0 Å². The highest BCUT2D eigenvalue weighted by atomic mass is 16.2. The standard InChI is InChI=1S/C14H15N3O2/c1-8-5-3-4-6-9(8)12-11-10(15-14(19)16-12)7-17(2)13(11)18/h3-6,12H,7H2,1-2H3,(H2,15,16,19)/t12-/m0/s1. The molecule has 0 unspecified atom stereocenters. The predicted octanol–water partition coefficient (Wildman–Crippen LogP) is 1.08. The number of likely N-dealkylation sites (N-methyl/N-ethyl adjacent to an activating group) is 1. The minimum absolute atomic E-state index is 0.0317. The van der Waals surface area contributed by atoms with E-state index in [9.17, 15) is 9.59 Å². The molecule has 0 aliphatic carbocycles. The van der Waals surface area contributed by atoms with E-state index in [0.29, 0.717) is 17.8 Å². The number of urea groups is 1. The van der Waals surface area contributed by atoms with Gasteiger partial charge in [0.05, 0.1) is 23.9 Å². The van der Waals surface area contributed by atoms with Crippen molar-refractivity contribution in [2.45, 2.75) is 13.0 Å². The van der Waals surface area contributed by atoms with Crippen LogP contribution in [0.3, 0.4) is 0 Å². The summed E-state index contributed by atoms with van der Waals surface area (Å²) in [4.78, 5) is 25.6. The number of amides is 3. The Kier molecular flexibility index (Phi) is 2.55. The van der Waals surface area contributed by atoms with Gasteiger partial charge in [0.2, 0.25) is 0 Å². The first-order valence-corrected chi connectivity index (χ1v) is 6.19. The average Bonchev–Trinajstić information content (AvgIpc) is 2.64. The van der Waals surface area contributed by atoms with Crippen LogP contribution in [0, 0.1) is 6.92 Å². The molecule has 1 aromatic carbocycles. The summed E-state index contributed by atoms with van der Waals surface area (Å²) in [7, 11) is 1.74. The molecule has 0 aromatic heterocycles. The number of nitrogens with one attached hydrogen (secondary N) is 2. The van der Waals surface area contributed by atoms with Crippen LogP contribution in [0.25, 0.3) is 0 Å². The van der Waals surface area contributed by atoms with Crippen molar-refractivity contribution in [2.24, 2.45) is 0 Å². The van der Waals surface area contributed by atoms with Crippen LogP contribution in [-0.2, 0) is 4.79 Å². The lowest BCUT2D eigenvalue weighted by molar-refractivity contribution is -0.124. The minimum Gasteiger partial charge on any atom is -0.336 e. The Balaban J connectivity index is 2.10. The quantitative estimate of drug-likeness (QED) is 0.790. The highest BCUT2D eigenvalue weighted by molar-refractivity contribution is 6.01. The average molecular weight is 257 g/mol. The largest absolute Gasteiger partial charge is 0.336 e. The molecule has 5 nitrogen and oxygen atoms in total. The molecule has 2 aliphatic heterocycles. The zero-order chi connectivity index (χ0) is 13.6. The van der Waals surface area contributed by atoms with E-state index in [1.54, 1.807) is 11.9 Å². The van der Waals surface area contributed by atoms with Gasteiger partial charge in [-0.15, -0.1) is 0 Å². The third-order valence-corrected chi connectivity index (χ3v) is 3.63. The maximum absolute atomic E-state index is 12.2. The van der Waals surface area contributed by atoms with E-state index in [0.717, 1.165) is 11.1 Å². The maximum Gasteiger partial charge on any atom is 0.319 e. The van der Waals surface area contributed by atoms with Gasteiger partial charge in [-0.05, 0) is 18.1 Å². The highest BCUT2D eigenvalue weighted by Gasteiger charge is 2.39. The molecular weight excluding hydrogens is 242 g/mol. The highest BCUT2D eigenvalue weighted by Crippen LogP contribution is 2.32. The van der Waals surface area contributed by atoms with Gasteiger partial charge in [-0.1, -0.05) is 24.3 Å². The molecule has 1 aromatic rings. The summed E-state index contributed by atoms with van der Waals surface area (Å²) in [5.74, 6) is -0.0317. The van der Waals surface area contributed by atoms with Gasteiger partial charge in [-0.3, -0.25) is 4.79 Å². The monoisotopic (exact) mass is 257 g/mol. The molecule has 0 saturated carbocycles. The van der Waals surface area contributed by atoms with Crippen LogP contribution in [0.15, 0.2) is 35.5 Å². The Morgan fingerprint density at radius 1 is 1.26 bits per heavy atom. The van der Waals surface area contributed by atoms with E-state index >= 15 is 0 Å². The van der Waals surface area contributed by atoms with Crippen LogP contribution in [0.1, 0.15) is 17.2 Å². The number of carbonyl (C=O) groups is 2. The van der Waals surface area contributed by atoms with Gasteiger partial charge >= 0.3 is 6.03 Å². The first-order chi connectivity index (χ1) is 9.08. The van der Waals surface area contributed by atoms with Crippen molar-refractivity contribution in [1.29, 1.82) is 0 Å². The molecule has 0 bridgehead atoms. The van der Waals surface area contributed by atoms with Crippen molar-refractivity contribution >= 4 is 11.9 Å². The Hall–Kier alpha value is -2.30. The normalized spacial score (nSPS) is 22.2. The first-order valence-electron chi connectivity index (χ1n) is 6.19. The fourth-order valence-corrected chi connectivity index (χ4v) is 2.65. The van der Waals surface area contributed by atoms with Crippen molar-refractivity contribution < 1.29 is 9.59 Å². The third kappa shape index (κ3) is 1.78. The molecule has 2 heterocycles. The second-order valence-electron chi connectivity index (χ2n) is 4.94. The predicted molar refractivity (Wildman–Crippen MR) is 70.3 cm³/mol. The third-order valence-electron chi connectivity index (χ3n) is 3.63. The summed E-state index contributed by atoms with van der Waals surface area (Å²) in [6, 6.07) is 7.17. The molecular formula is C14H15N3O2. The molecule has 0 saturated heterocycles. The number of rotatable bonds is 1. The van der Waals surface area contributed by atoms with E-state index in [1.807, 2.05) is 31.2 Å². The van der Waals surface area contributed by atoms with Gasteiger partial charge in [0.15, 0.2) is 0 Å². The number of hydrogen-bond donors (Lipinski definition) is 2. The topological polar surface area (TPSA) is 61.4 Å². The van der Waals surface area contributed by atoms with E-state index in [1.165, 1.54) is 0 Å². The van der Waals surface area contributed by atoms with Crippen LogP contribution >= 0.6 is 0 Å². The molecule has 2 aliphatic rings. The summed E-state index contributed by atoms with van der Waals surface area (Å²) in [5, 5.41) is 5.57. The second kappa shape index (κ2) is 4.12. The van der Waals surface area contributed by atoms with E-state index in [2.05, 4.69) is 10.6 Å². The molecule has 0 fully saturated rings. The first kappa shape index (κ1) is 11.8. The van der Waals surface area contributed by atoms with Crippen molar-refractivity contribution in [3.63, 3.8) is 0 Å². The number of benzene rings is 1. The maximum atomic E-state index is 12.2. The number of nitrogens with zero attached hydrogens (tertiary/aromatic N) is 1. The van der Waals surface area contributed by atoms with Crippen LogP contribution in [0.2, 0.25) is 0 Å². The Bertz CT molecular complexity index is 606. The number of hydrogen-bond acceptors (Lipinski definition) is 2. The smallest absolute Gasteiger partial charge is 0.319 e. The molecule has 0 spiro atoms. The minimum atomic E-state index is -0.359. The summed E-state index contributed by atoms with van der Waals surface area (Å²) in [6.07, 6.45) is 0. The summed E-state index contributed by atoms with van der Waals surface area (Å²) in [6.45, 7) is 2.44. The van der Waals surface area contributed by atoms with Crippen LogP contribution in [0.4, 0.5) is 4.79 Å². The Morgan fingerprint density at radius 2 is 2.00 bits per heavy atom. The van der Waals surface area contributed by atoms with Gasteiger partial charge in [-0.2, -0.15) is 0 Å². The SMILES string of the molecule is Cc1ccccc1[C@@H]1NC(=O)NC2=C1C(=O)N(C)C2. The summed E-state index contributed by atoms with van der Waals surface area (Å²) in [5.41, 5.74) is 3.39. The molecule has 2 N–H and O–H groups in total. The summed E-state index contributed by atoms with van der Waals surface area (Å²) >= 11 is 0. The Labute approximate surface area is 111 Å². The molecule has 19 heavy (non-hydrogen) atoms. The van der Waals surface area contributed by atoms with Crippen LogP contribution in [-0.4, -0.2) is 30.4 Å². The fourth-order valence-electron chi connectivity index (χ4n) is 2.65. The molecule has 3 rings (SSSR count). The van der Waals surface area contributed by atoms with Gasteiger partial charge in [0, 0.05) is 7.05 Å². The van der Waals surface area contributed by atoms with Gasteiger partial charge in [0.25, 0.3) is 5.91 Å². The molecule has 3 amide bonds. The molecule has 0 radical (unpaired) electrons.